The van der Waals surface area contributed by atoms with Gasteiger partial charge < -0.3 is 23.7 Å². The van der Waals surface area contributed by atoms with Gasteiger partial charge in [0.2, 0.25) is 10.0 Å². The van der Waals surface area contributed by atoms with E-state index in [0.29, 0.717) is 38.6 Å². The molecule has 0 heterocycles. The van der Waals surface area contributed by atoms with Gasteiger partial charge in [-0.05, 0) is 42.0 Å². The summed E-state index contributed by atoms with van der Waals surface area (Å²) in [6.07, 6.45) is 0. The number of ether oxygens (including phenoxy) is 5. The Labute approximate surface area is 214 Å². The number of halogens is 1. The zero-order valence-corrected chi connectivity index (χ0v) is 22.6. The van der Waals surface area contributed by atoms with Crippen LogP contribution >= 0.6 is 15.9 Å². The molecule has 3 aromatic carbocycles. The zero-order valence-electron chi connectivity index (χ0n) is 20.2. The lowest BCUT2D eigenvalue weighted by molar-refractivity contribution is 0.362. The van der Waals surface area contributed by atoms with Gasteiger partial charge in [-0.3, -0.25) is 0 Å². The van der Waals surface area contributed by atoms with E-state index in [1.54, 1.807) is 69.9 Å². The summed E-state index contributed by atoms with van der Waals surface area (Å²) in [4.78, 5) is 0.0386. The summed E-state index contributed by atoms with van der Waals surface area (Å²) in [5.41, 5.74) is 1.35. The monoisotopic (exact) mass is 565 g/mol. The Bertz CT molecular complexity index is 1260. The van der Waals surface area contributed by atoms with Gasteiger partial charge in [0, 0.05) is 35.3 Å². The van der Waals surface area contributed by atoms with Crippen molar-refractivity contribution in [3.63, 3.8) is 0 Å². The number of benzene rings is 3. The Balaban J connectivity index is 2.13. The number of nitrogens with zero attached hydrogens (tertiary/aromatic N) is 1. The molecule has 188 valence electrons. The molecule has 3 rings (SSSR count). The van der Waals surface area contributed by atoms with E-state index in [1.165, 1.54) is 24.6 Å². The number of hydrogen-bond donors (Lipinski definition) is 0. The van der Waals surface area contributed by atoms with Crippen molar-refractivity contribution < 1.29 is 32.1 Å². The van der Waals surface area contributed by atoms with Crippen LogP contribution in [0.3, 0.4) is 0 Å². The molecule has 10 heteroatoms. The molecule has 8 nitrogen and oxygen atoms in total. The standard InChI is InChI=1S/C25H28BrNO7S/c1-30-20-8-6-18(24(14-20)34-5)16-27(15-17-10-21(31-2)13-22(11-17)32-3)35(28,29)25-12-19(26)7-9-23(25)33-4/h6-14H,15-16H2,1-5H3. The van der Waals surface area contributed by atoms with Crippen LogP contribution in [-0.4, -0.2) is 48.3 Å². The molecule has 0 spiro atoms. The van der Waals surface area contributed by atoms with Crippen LogP contribution in [0.25, 0.3) is 0 Å². The lowest BCUT2D eigenvalue weighted by Gasteiger charge is -2.25. The topological polar surface area (TPSA) is 83.5 Å². The van der Waals surface area contributed by atoms with Crippen molar-refractivity contribution in [2.45, 2.75) is 18.0 Å². The van der Waals surface area contributed by atoms with Gasteiger partial charge in [-0.1, -0.05) is 22.0 Å². The maximum Gasteiger partial charge on any atom is 0.247 e. The van der Waals surface area contributed by atoms with Crippen LogP contribution in [0, 0.1) is 0 Å². The first-order valence-corrected chi connectivity index (χ1v) is 12.8. The first-order chi connectivity index (χ1) is 16.7. The highest BCUT2D eigenvalue weighted by molar-refractivity contribution is 9.10. The van der Waals surface area contributed by atoms with E-state index in [2.05, 4.69) is 15.9 Å². The molecule has 0 saturated carbocycles. The summed E-state index contributed by atoms with van der Waals surface area (Å²) in [7, 11) is 3.58. The van der Waals surface area contributed by atoms with Crippen LogP contribution in [-0.2, 0) is 23.1 Å². The lowest BCUT2D eigenvalue weighted by atomic mass is 10.1. The highest BCUT2D eigenvalue weighted by atomic mass is 79.9. The second-order valence-electron chi connectivity index (χ2n) is 7.47. The maximum atomic E-state index is 14.0. The van der Waals surface area contributed by atoms with Crippen molar-refractivity contribution >= 4 is 26.0 Å². The minimum absolute atomic E-state index is 0.0324. The minimum atomic E-state index is -4.03. The first-order valence-electron chi connectivity index (χ1n) is 10.5. The molecule has 0 N–H and O–H groups in total. The fraction of sp³-hybridized carbons (Fsp3) is 0.280. The lowest BCUT2D eigenvalue weighted by Crippen LogP contribution is -2.31. The third-order valence-electron chi connectivity index (χ3n) is 5.35. The number of rotatable bonds is 11. The van der Waals surface area contributed by atoms with Crippen LogP contribution < -0.4 is 23.7 Å². The Morgan fingerprint density at radius 3 is 1.89 bits per heavy atom. The molecule has 0 aliphatic carbocycles. The molecule has 3 aromatic rings. The van der Waals surface area contributed by atoms with Crippen LogP contribution in [0.5, 0.6) is 28.7 Å². The van der Waals surface area contributed by atoms with Gasteiger partial charge in [-0.15, -0.1) is 0 Å². The predicted molar refractivity (Wildman–Crippen MR) is 136 cm³/mol. The van der Waals surface area contributed by atoms with Gasteiger partial charge in [0.15, 0.2) is 0 Å². The molecular formula is C25H28BrNO7S. The van der Waals surface area contributed by atoms with Crippen molar-refractivity contribution in [1.82, 2.24) is 4.31 Å². The second kappa shape index (κ2) is 11.7. The van der Waals surface area contributed by atoms with Gasteiger partial charge in [0.1, 0.15) is 33.6 Å². The van der Waals surface area contributed by atoms with Crippen molar-refractivity contribution in [3.05, 3.63) is 70.2 Å². The molecule has 0 amide bonds. The van der Waals surface area contributed by atoms with Crippen molar-refractivity contribution in [2.75, 3.05) is 35.5 Å². The number of hydrogen-bond acceptors (Lipinski definition) is 7. The molecule has 0 fully saturated rings. The van der Waals surface area contributed by atoms with E-state index in [0.717, 1.165) is 0 Å². The Hall–Kier alpha value is -2.95. The van der Waals surface area contributed by atoms with Gasteiger partial charge in [-0.2, -0.15) is 4.31 Å². The summed E-state index contributed by atoms with van der Waals surface area (Å²) in [5.74, 6) is 2.46. The second-order valence-corrected chi connectivity index (χ2v) is 10.3. The normalized spacial score (nSPS) is 11.3. The third-order valence-corrected chi connectivity index (χ3v) is 7.66. The van der Waals surface area contributed by atoms with Crippen LogP contribution in [0.4, 0.5) is 0 Å². The van der Waals surface area contributed by atoms with E-state index in [9.17, 15) is 8.42 Å². The molecule has 0 saturated heterocycles. The molecule has 0 bridgehead atoms. The molecule has 0 aliphatic heterocycles. The van der Waals surface area contributed by atoms with Crippen molar-refractivity contribution in [1.29, 1.82) is 0 Å². The highest BCUT2D eigenvalue weighted by Gasteiger charge is 2.30. The molecular weight excluding hydrogens is 538 g/mol. The van der Waals surface area contributed by atoms with Crippen molar-refractivity contribution in [2.24, 2.45) is 0 Å². The van der Waals surface area contributed by atoms with Gasteiger partial charge >= 0.3 is 0 Å². The molecule has 0 atom stereocenters. The average Bonchev–Trinajstić information content (AvgIpc) is 2.87. The molecule has 0 aromatic heterocycles. The number of sulfonamides is 1. The highest BCUT2D eigenvalue weighted by Crippen LogP contribution is 2.34. The zero-order chi connectivity index (χ0) is 25.6. The maximum absolute atomic E-state index is 14.0. The fourth-order valence-corrected chi connectivity index (χ4v) is 5.65. The van der Waals surface area contributed by atoms with Crippen LogP contribution in [0.2, 0.25) is 0 Å². The summed E-state index contributed by atoms with van der Waals surface area (Å²) in [5, 5.41) is 0. The largest absolute Gasteiger partial charge is 0.497 e. The predicted octanol–water partition coefficient (Wildman–Crippen LogP) is 4.88. The van der Waals surface area contributed by atoms with E-state index in [-0.39, 0.29) is 23.7 Å². The van der Waals surface area contributed by atoms with Gasteiger partial charge in [-0.25, -0.2) is 8.42 Å². The molecule has 35 heavy (non-hydrogen) atoms. The number of methoxy groups -OCH3 is 5. The summed E-state index contributed by atoms with van der Waals surface area (Å²) >= 11 is 3.37. The Morgan fingerprint density at radius 2 is 1.31 bits per heavy atom. The Morgan fingerprint density at radius 1 is 0.686 bits per heavy atom. The molecule has 0 aliphatic rings. The smallest absolute Gasteiger partial charge is 0.247 e. The molecule has 0 radical (unpaired) electrons. The SMILES string of the molecule is COc1cc(CN(Cc2ccc(OC)cc2OC)S(=O)(=O)c2cc(Br)ccc2OC)cc(OC)c1. The quantitative estimate of drug-likeness (QED) is 0.327. The van der Waals surface area contributed by atoms with E-state index in [1.807, 2.05) is 0 Å². The third kappa shape index (κ3) is 6.19. The van der Waals surface area contributed by atoms with Gasteiger partial charge in [0.05, 0.1) is 35.5 Å². The average molecular weight is 566 g/mol. The van der Waals surface area contributed by atoms with Crippen molar-refractivity contribution in [3.8, 4) is 28.7 Å². The summed E-state index contributed by atoms with van der Waals surface area (Å²) < 4.78 is 56.9. The van der Waals surface area contributed by atoms with E-state index >= 15 is 0 Å². The van der Waals surface area contributed by atoms with E-state index in [4.69, 9.17) is 23.7 Å². The van der Waals surface area contributed by atoms with Crippen LogP contribution in [0.15, 0.2) is 64.0 Å². The summed E-state index contributed by atoms with van der Waals surface area (Å²) in [6, 6.07) is 15.4. The minimum Gasteiger partial charge on any atom is -0.497 e. The Kier molecular flexibility index (Phi) is 8.87. The molecule has 0 unspecified atom stereocenters. The van der Waals surface area contributed by atoms with Gasteiger partial charge in [0.25, 0.3) is 0 Å². The fourth-order valence-electron chi connectivity index (χ4n) is 3.55. The van der Waals surface area contributed by atoms with Crippen LogP contribution in [0.1, 0.15) is 11.1 Å². The first kappa shape index (κ1) is 26.7. The summed E-state index contributed by atoms with van der Waals surface area (Å²) in [6.45, 7) is 0.0748. The van der Waals surface area contributed by atoms with E-state index < -0.39 is 10.0 Å².